The Balaban J connectivity index is 1.90. The van der Waals surface area contributed by atoms with Crippen LogP contribution in [-0.4, -0.2) is 30.9 Å². The lowest BCUT2D eigenvalue weighted by Crippen LogP contribution is -2.19. The summed E-state index contributed by atoms with van der Waals surface area (Å²) in [6.07, 6.45) is -1.45. The largest absolute Gasteiger partial charge is 0.406 e. The number of rotatable bonds is 5. The van der Waals surface area contributed by atoms with Gasteiger partial charge in [-0.05, 0) is 29.8 Å². The summed E-state index contributed by atoms with van der Waals surface area (Å²) in [7, 11) is 0. The molecule has 11 heteroatoms. The van der Waals surface area contributed by atoms with Gasteiger partial charge in [0, 0.05) is 23.7 Å². The van der Waals surface area contributed by atoms with E-state index in [-0.39, 0.29) is 21.3 Å². The summed E-state index contributed by atoms with van der Waals surface area (Å²) in [6.45, 7) is -1.20. The summed E-state index contributed by atoms with van der Waals surface area (Å²) in [4.78, 5) is 7.69. The molecule has 0 unspecified atom stereocenters. The summed E-state index contributed by atoms with van der Waals surface area (Å²) in [5.41, 5.74) is 1.21. The molecule has 0 aliphatic carbocycles. The first-order chi connectivity index (χ1) is 12.3. The van der Waals surface area contributed by atoms with Crippen LogP contribution in [0.1, 0.15) is 5.56 Å². The van der Waals surface area contributed by atoms with Crippen molar-refractivity contribution in [2.24, 2.45) is 0 Å². The van der Waals surface area contributed by atoms with Crippen molar-refractivity contribution in [2.75, 3.05) is 0 Å². The fraction of sp³-hybridized carbons (Fsp3) is 0.200. The molecular formula is C15H10Cl2F3N5S. The van der Waals surface area contributed by atoms with Crippen LogP contribution in [0.15, 0.2) is 41.8 Å². The van der Waals surface area contributed by atoms with E-state index in [0.717, 1.165) is 16.3 Å². The highest BCUT2D eigenvalue weighted by Gasteiger charge is 2.31. The van der Waals surface area contributed by atoms with E-state index in [1.54, 1.807) is 24.3 Å². The minimum Gasteiger partial charge on any atom is -0.293 e. The van der Waals surface area contributed by atoms with Gasteiger partial charge in [-0.25, -0.2) is 4.98 Å². The summed E-state index contributed by atoms with van der Waals surface area (Å²) in [6, 6.07) is 6.34. The van der Waals surface area contributed by atoms with Crippen LogP contribution in [0.2, 0.25) is 10.3 Å². The first-order valence-electron chi connectivity index (χ1n) is 7.17. The van der Waals surface area contributed by atoms with Gasteiger partial charge < -0.3 is 0 Å². The highest BCUT2D eigenvalue weighted by molar-refractivity contribution is 7.98. The minimum atomic E-state index is -4.41. The monoisotopic (exact) mass is 419 g/mol. The van der Waals surface area contributed by atoms with E-state index >= 15 is 0 Å². The lowest BCUT2D eigenvalue weighted by Gasteiger charge is -2.12. The third kappa shape index (κ3) is 4.87. The molecule has 0 aliphatic rings. The molecule has 3 aromatic heterocycles. The van der Waals surface area contributed by atoms with Crippen LogP contribution in [0, 0.1) is 0 Å². The van der Waals surface area contributed by atoms with E-state index in [0.29, 0.717) is 16.9 Å². The van der Waals surface area contributed by atoms with Gasteiger partial charge >= 0.3 is 6.18 Å². The number of nitrogens with zero attached hydrogens (tertiary/aromatic N) is 5. The Morgan fingerprint density at radius 1 is 1.04 bits per heavy atom. The minimum absolute atomic E-state index is 0.123. The Hall–Kier alpha value is -1.84. The predicted octanol–water partition coefficient (Wildman–Crippen LogP) is 4.90. The van der Waals surface area contributed by atoms with Gasteiger partial charge in [-0.1, -0.05) is 35.0 Å². The van der Waals surface area contributed by atoms with Gasteiger partial charge in [0.1, 0.15) is 16.9 Å². The Morgan fingerprint density at radius 2 is 1.69 bits per heavy atom. The number of alkyl halides is 3. The third-order valence-electron chi connectivity index (χ3n) is 3.18. The van der Waals surface area contributed by atoms with E-state index in [2.05, 4.69) is 20.2 Å². The molecule has 3 aromatic rings. The molecule has 0 atom stereocenters. The van der Waals surface area contributed by atoms with E-state index in [1.165, 1.54) is 12.4 Å². The molecule has 0 amide bonds. The molecule has 0 radical (unpaired) electrons. The highest BCUT2D eigenvalue weighted by atomic mass is 35.5. The Labute approximate surface area is 160 Å². The summed E-state index contributed by atoms with van der Waals surface area (Å²) >= 11 is 12.8. The van der Waals surface area contributed by atoms with Crippen LogP contribution in [0.5, 0.6) is 0 Å². The Kier molecular flexibility index (Phi) is 5.69. The summed E-state index contributed by atoms with van der Waals surface area (Å²) < 4.78 is 40.1. The smallest absolute Gasteiger partial charge is 0.293 e. The number of aromatic nitrogens is 5. The quantitative estimate of drug-likeness (QED) is 0.434. The molecule has 5 nitrogen and oxygen atoms in total. The molecule has 0 aromatic carbocycles. The van der Waals surface area contributed by atoms with Gasteiger partial charge in [0.15, 0.2) is 11.0 Å². The van der Waals surface area contributed by atoms with Gasteiger partial charge in [-0.3, -0.25) is 9.55 Å². The average Bonchev–Trinajstić information content (AvgIpc) is 2.93. The number of pyridine rings is 2. The van der Waals surface area contributed by atoms with Crippen molar-refractivity contribution in [3.8, 4) is 11.4 Å². The summed E-state index contributed by atoms with van der Waals surface area (Å²) in [5.74, 6) is 0.437. The Morgan fingerprint density at radius 3 is 2.31 bits per heavy atom. The zero-order valence-corrected chi connectivity index (χ0v) is 15.2. The molecule has 0 N–H and O–H groups in total. The predicted molar refractivity (Wildman–Crippen MR) is 93.1 cm³/mol. The van der Waals surface area contributed by atoms with E-state index in [9.17, 15) is 13.2 Å². The van der Waals surface area contributed by atoms with Gasteiger partial charge in [0.2, 0.25) is 0 Å². The van der Waals surface area contributed by atoms with Crippen molar-refractivity contribution in [3.05, 3.63) is 52.5 Å². The molecule has 0 saturated carbocycles. The van der Waals surface area contributed by atoms with Crippen LogP contribution < -0.4 is 0 Å². The standard InChI is InChI=1S/C15H10Cl2F3N5S/c16-11-5-9(6-12(17)22-11)7-26-14-24-23-13(10-1-3-21-4-2-10)25(14)8-15(18,19)20/h1-6H,7-8H2. The molecule has 3 heterocycles. The molecule has 3 rings (SSSR count). The van der Waals surface area contributed by atoms with Crippen molar-refractivity contribution >= 4 is 35.0 Å². The van der Waals surface area contributed by atoms with Gasteiger partial charge in [0.25, 0.3) is 0 Å². The molecule has 0 bridgehead atoms. The zero-order chi connectivity index (χ0) is 18.7. The van der Waals surface area contributed by atoms with Crippen LogP contribution in [0.4, 0.5) is 13.2 Å². The molecule has 0 saturated heterocycles. The van der Waals surface area contributed by atoms with Gasteiger partial charge in [0.05, 0.1) is 0 Å². The maximum Gasteiger partial charge on any atom is 0.406 e. The fourth-order valence-corrected chi connectivity index (χ4v) is 3.55. The topological polar surface area (TPSA) is 56.5 Å². The van der Waals surface area contributed by atoms with Gasteiger partial charge in [-0.2, -0.15) is 13.2 Å². The van der Waals surface area contributed by atoms with Crippen LogP contribution in [-0.2, 0) is 12.3 Å². The second-order valence-corrected chi connectivity index (χ2v) is 6.87. The number of thioether (sulfide) groups is 1. The average molecular weight is 420 g/mol. The molecule has 136 valence electrons. The number of halogens is 5. The lowest BCUT2D eigenvalue weighted by molar-refractivity contribution is -0.141. The first kappa shape index (κ1) is 18.9. The van der Waals surface area contributed by atoms with Crippen molar-refractivity contribution in [2.45, 2.75) is 23.6 Å². The number of hydrogen-bond donors (Lipinski definition) is 0. The summed E-state index contributed by atoms with van der Waals surface area (Å²) in [5, 5.41) is 8.39. The highest BCUT2D eigenvalue weighted by Crippen LogP contribution is 2.30. The lowest BCUT2D eigenvalue weighted by atomic mass is 10.2. The van der Waals surface area contributed by atoms with Gasteiger partial charge in [-0.15, -0.1) is 10.2 Å². The Bertz CT molecular complexity index is 882. The van der Waals surface area contributed by atoms with Crippen molar-refractivity contribution < 1.29 is 13.2 Å². The number of hydrogen-bond acceptors (Lipinski definition) is 5. The van der Waals surface area contributed by atoms with Crippen LogP contribution in [0.25, 0.3) is 11.4 Å². The molecule has 0 spiro atoms. The van der Waals surface area contributed by atoms with Crippen molar-refractivity contribution in [1.29, 1.82) is 0 Å². The molecule has 0 fully saturated rings. The first-order valence-corrected chi connectivity index (χ1v) is 8.91. The second-order valence-electron chi connectivity index (χ2n) is 5.15. The maximum absolute atomic E-state index is 13.0. The van der Waals surface area contributed by atoms with E-state index in [1.807, 2.05) is 0 Å². The molecule has 0 aliphatic heterocycles. The SMILES string of the molecule is FC(F)(F)Cn1c(SCc2cc(Cl)nc(Cl)c2)nnc1-c1ccncc1. The van der Waals surface area contributed by atoms with E-state index in [4.69, 9.17) is 23.2 Å². The van der Waals surface area contributed by atoms with E-state index < -0.39 is 12.7 Å². The zero-order valence-electron chi connectivity index (χ0n) is 12.9. The van der Waals surface area contributed by atoms with Crippen molar-refractivity contribution in [3.63, 3.8) is 0 Å². The normalized spacial score (nSPS) is 11.7. The second kappa shape index (κ2) is 7.81. The van der Waals surface area contributed by atoms with Crippen LogP contribution in [0.3, 0.4) is 0 Å². The molecule has 26 heavy (non-hydrogen) atoms. The fourth-order valence-electron chi connectivity index (χ4n) is 2.18. The third-order valence-corrected chi connectivity index (χ3v) is 4.61. The molecular weight excluding hydrogens is 410 g/mol. The van der Waals surface area contributed by atoms with Crippen molar-refractivity contribution in [1.82, 2.24) is 24.7 Å². The van der Waals surface area contributed by atoms with Crippen LogP contribution >= 0.6 is 35.0 Å². The maximum atomic E-state index is 13.0.